The number of nitrogens with one attached hydrogen (secondary N) is 2. The van der Waals surface area contributed by atoms with Crippen LogP contribution in [-0.4, -0.2) is 103 Å². The van der Waals surface area contributed by atoms with Gasteiger partial charge in [-0.2, -0.15) is 0 Å². The summed E-state index contributed by atoms with van der Waals surface area (Å²) in [6.07, 6.45) is 11.6. The molecule has 4 aliphatic rings. The van der Waals surface area contributed by atoms with Gasteiger partial charge in [0.05, 0.1) is 36.4 Å². The summed E-state index contributed by atoms with van der Waals surface area (Å²) in [5.74, 6) is -1.35. The van der Waals surface area contributed by atoms with Gasteiger partial charge in [0.25, 0.3) is 11.8 Å². The van der Waals surface area contributed by atoms with E-state index >= 15 is 0 Å². The average molecular weight is 1040 g/mol. The van der Waals surface area contributed by atoms with Crippen molar-refractivity contribution in [3.63, 3.8) is 0 Å². The lowest BCUT2D eigenvalue weighted by Crippen LogP contribution is -2.49. The van der Waals surface area contributed by atoms with E-state index in [-0.39, 0.29) is 85.9 Å². The lowest BCUT2D eigenvalue weighted by molar-refractivity contribution is -0.142. The van der Waals surface area contributed by atoms with Crippen LogP contribution in [0.25, 0.3) is 0 Å². The molecule has 0 saturated heterocycles. The highest BCUT2D eigenvalue weighted by Gasteiger charge is 2.48. The number of rotatable bonds is 22. The second kappa shape index (κ2) is 24.7. The van der Waals surface area contributed by atoms with Gasteiger partial charge in [-0.25, -0.2) is 14.4 Å². The number of amides is 4. The number of aliphatic hydroxyl groups excluding tert-OH is 2. The van der Waals surface area contributed by atoms with Crippen LogP contribution in [0, 0.1) is 0 Å². The Hall–Kier alpha value is -6.13. The topological polar surface area (TPSA) is 213 Å². The Morgan fingerprint density at radius 1 is 0.680 bits per heavy atom. The Bertz CT molecular complexity index is 2620. The van der Waals surface area contributed by atoms with E-state index in [0.29, 0.717) is 59.4 Å². The van der Waals surface area contributed by atoms with Crippen LogP contribution in [0.2, 0.25) is 0 Å². The molecule has 0 saturated carbocycles. The maximum absolute atomic E-state index is 14.5. The normalized spacial score (nSPS) is 21.4. The van der Waals surface area contributed by atoms with E-state index in [9.17, 15) is 39.3 Å². The standard InChI is InChI=1S/C59H82N4O12/c1-34(2)18-13-20-38(9)22-15-25-58(11)49(64)30-42-47(72-56(70)60-36(5)6)28-40-44(51(42)74-58)32-62(53(40)66)27-17-24-46(55(68)69)63-33-45-41(54(63)67)29-48(73-57(71)61-37(7)8)43-31-50(65)59(12,75-52(43)45)26-16-23-39(10)21-14-19-35(3)4/h18-19,22-23,28-29,36-37,46,49-50,64-65H,13-17,20-21,24-27,30-33H2,1-12H3,(H,60,70)(H,61,71)(H,68,69)/b38-22+,39-23+/t46-,49-,50-,58+,59+/m0/s1. The number of benzene rings is 2. The molecule has 75 heavy (non-hydrogen) atoms. The van der Waals surface area contributed by atoms with Gasteiger partial charge in [-0.1, -0.05) is 46.6 Å². The second-order valence-electron chi connectivity index (χ2n) is 22.5. The molecular weight excluding hydrogens is 957 g/mol. The van der Waals surface area contributed by atoms with Crippen molar-refractivity contribution in [1.29, 1.82) is 0 Å². The molecule has 410 valence electrons. The number of fused-ring (bicyclic) bond motifs is 6. The molecule has 4 amide bonds. The molecule has 0 aliphatic carbocycles. The summed E-state index contributed by atoms with van der Waals surface area (Å²) in [5, 5.41) is 39.4. The minimum atomic E-state index is -1.31. The number of hydrogen-bond donors (Lipinski definition) is 5. The molecule has 4 aliphatic heterocycles. The van der Waals surface area contributed by atoms with E-state index in [0.717, 1.165) is 25.7 Å². The summed E-state index contributed by atoms with van der Waals surface area (Å²) in [6.45, 7) is 23.4. The van der Waals surface area contributed by atoms with E-state index in [1.54, 1.807) is 32.6 Å². The van der Waals surface area contributed by atoms with Gasteiger partial charge in [0, 0.05) is 53.7 Å². The minimum absolute atomic E-state index is 0.0159. The molecule has 0 unspecified atom stereocenters. The summed E-state index contributed by atoms with van der Waals surface area (Å²) < 4.78 is 25.1. The van der Waals surface area contributed by atoms with Crippen LogP contribution in [0.3, 0.4) is 0 Å². The Labute approximate surface area is 443 Å². The molecule has 16 nitrogen and oxygen atoms in total. The lowest BCUT2D eigenvalue weighted by atomic mass is 9.84. The fraction of sp³-hybridized carbons (Fsp3) is 0.576. The number of carbonyl (C=O) groups excluding carboxylic acids is 4. The number of aliphatic hydroxyl groups is 2. The third kappa shape index (κ3) is 14.2. The first-order valence-electron chi connectivity index (χ1n) is 26.8. The molecule has 2 aromatic rings. The third-order valence-corrected chi connectivity index (χ3v) is 14.7. The highest BCUT2D eigenvalue weighted by Crippen LogP contribution is 2.49. The van der Waals surface area contributed by atoms with Gasteiger partial charge < -0.3 is 54.7 Å². The number of carboxylic acid groups (broad SMARTS) is 1. The SMILES string of the molecule is CC(C)=CCC/C(C)=C/CC[C@@]1(C)Oc2c(c(OC(=O)NC(C)C)cc3c2CN(CCC[C@@H](C(=O)O)N2Cc4c(cc(OC(=O)NC(C)C)c5c4O[C@](C)(CC/C=C(\C)CCC=C(C)C)[C@@H](O)C5)C2=O)C3=O)C[C@@H]1O. The second-order valence-corrected chi connectivity index (χ2v) is 22.5. The van der Waals surface area contributed by atoms with E-state index in [1.165, 1.54) is 39.3 Å². The Morgan fingerprint density at radius 2 is 1.12 bits per heavy atom. The number of carboxylic acids is 1. The van der Waals surface area contributed by atoms with Crippen molar-refractivity contribution in [3.05, 3.63) is 92.1 Å². The van der Waals surface area contributed by atoms with Crippen molar-refractivity contribution in [2.75, 3.05) is 6.54 Å². The summed E-state index contributed by atoms with van der Waals surface area (Å²) in [7, 11) is 0. The van der Waals surface area contributed by atoms with Crippen molar-refractivity contribution < 1.29 is 58.2 Å². The van der Waals surface area contributed by atoms with Gasteiger partial charge >= 0.3 is 18.2 Å². The van der Waals surface area contributed by atoms with Crippen LogP contribution in [0.5, 0.6) is 23.0 Å². The maximum Gasteiger partial charge on any atom is 0.412 e. The molecule has 16 heteroatoms. The lowest BCUT2D eigenvalue weighted by Gasteiger charge is -2.41. The molecule has 0 bridgehead atoms. The highest BCUT2D eigenvalue weighted by atomic mass is 16.6. The molecule has 2 aromatic carbocycles. The van der Waals surface area contributed by atoms with Crippen molar-refractivity contribution in [2.45, 2.75) is 215 Å². The summed E-state index contributed by atoms with van der Waals surface area (Å²) in [6, 6.07) is 1.18. The summed E-state index contributed by atoms with van der Waals surface area (Å²) >= 11 is 0. The molecule has 0 spiro atoms. The van der Waals surface area contributed by atoms with Gasteiger partial charge in [0.1, 0.15) is 40.2 Å². The molecular formula is C59H82N4O12. The van der Waals surface area contributed by atoms with Crippen molar-refractivity contribution in [1.82, 2.24) is 20.4 Å². The number of ether oxygens (including phenoxy) is 4. The minimum Gasteiger partial charge on any atom is -0.484 e. The van der Waals surface area contributed by atoms with Crippen LogP contribution < -0.4 is 29.6 Å². The van der Waals surface area contributed by atoms with Crippen LogP contribution in [0.1, 0.15) is 190 Å². The summed E-state index contributed by atoms with van der Waals surface area (Å²) in [4.78, 5) is 70.8. The molecule has 0 fully saturated rings. The maximum atomic E-state index is 14.5. The average Bonchev–Trinajstić information content (AvgIpc) is 3.79. The van der Waals surface area contributed by atoms with Crippen molar-refractivity contribution >= 4 is 30.0 Å². The van der Waals surface area contributed by atoms with Gasteiger partial charge in [-0.05, 0) is 159 Å². The smallest absolute Gasteiger partial charge is 0.412 e. The van der Waals surface area contributed by atoms with E-state index in [4.69, 9.17) is 18.9 Å². The van der Waals surface area contributed by atoms with E-state index in [1.807, 2.05) is 13.8 Å². The quantitative estimate of drug-likeness (QED) is 0.0697. The first kappa shape index (κ1) is 58.1. The first-order valence-corrected chi connectivity index (χ1v) is 26.8. The van der Waals surface area contributed by atoms with Crippen LogP contribution in [-0.2, 0) is 30.7 Å². The number of allylic oxidation sites excluding steroid dienone is 8. The predicted octanol–water partition coefficient (Wildman–Crippen LogP) is 10.6. The van der Waals surface area contributed by atoms with Gasteiger partial charge in [0.15, 0.2) is 0 Å². The van der Waals surface area contributed by atoms with Crippen LogP contribution in [0.15, 0.2) is 58.7 Å². The number of hydrogen-bond acceptors (Lipinski definition) is 11. The fourth-order valence-corrected chi connectivity index (χ4v) is 10.3. The molecule has 6 rings (SSSR count). The molecule has 4 heterocycles. The molecule has 0 aromatic heterocycles. The van der Waals surface area contributed by atoms with Gasteiger partial charge in [-0.15, -0.1) is 0 Å². The Balaban J connectivity index is 1.22. The molecule has 5 N–H and O–H groups in total. The van der Waals surface area contributed by atoms with Crippen molar-refractivity contribution in [3.8, 4) is 23.0 Å². The highest BCUT2D eigenvalue weighted by molar-refractivity contribution is 6.02. The number of nitrogens with zero attached hydrogens (tertiary/aromatic N) is 2. The zero-order chi connectivity index (χ0) is 55.1. The summed E-state index contributed by atoms with van der Waals surface area (Å²) in [5.41, 5.74) is 5.20. The van der Waals surface area contributed by atoms with Crippen LogP contribution >= 0.6 is 0 Å². The molecule has 5 atom stereocenters. The fourth-order valence-electron chi connectivity index (χ4n) is 10.3. The predicted molar refractivity (Wildman–Crippen MR) is 288 cm³/mol. The zero-order valence-electron chi connectivity index (χ0n) is 46.4. The first-order chi connectivity index (χ1) is 35.3. The molecule has 0 radical (unpaired) electrons. The van der Waals surface area contributed by atoms with Crippen molar-refractivity contribution in [2.24, 2.45) is 0 Å². The number of carbonyl (C=O) groups is 5. The van der Waals surface area contributed by atoms with Crippen LogP contribution in [0.4, 0.5) is 9.59 Å². The largest absolute Gasteiger partial charge is 0.484 e. The third-order valence-electron chi connectivity index (χ3n) is 14.7. The Kier molecular flexibility index (Phi) is 19.1. The van der Waals surface area contributed by atoms with E-state index in [2.05, 4.69) is 76.5 Å². The van der Waals surface area contributed by atoms with Gasteiger partial charge in [0.2, 0.25) is 0 Å². The van der Waals surface area contributed by atoms with E-state index < -0.39 is 53.5 Å². The Morgan fingerprint density at radius 3 is 1.55 bits per heavy atom. The monoisotopic (exact) mass is 1040 g/mol. The van der Waals surface area contributed by atoms with Gasteiger partial charge in [-0.3, -0.25) is 9.59 Å². The zero-order valence-corrected chi connectivity index (χ0v) is 46.4. The number of aliphatic carboxylic acids is 1.